The molecule has 1 aromatic carbocycles. The van der Waals surface area contributed by atoms with E-state index in [2.05, 4.69) is 0 Å². The third kappa shape index (κ3) is 1.74. The number of hydrogen-bond donors (Lipinski definition) is 1. The van der Waals surface area contributed by atoms with Crippen molar-refractivity contribution in [1.29, 1.82) is 0 Å². The second-order valence-electron chi connectivity index (χ2n) is 5.80. The van der Waals surface area contributed by atoms with Crippen LogP contribution in [-0.2, 0) is 0 Å². The highest BCUT2D eigenvalue weighted by atomic mass is 16.5. The first-order valence-electron chi connectivity index (χ1n) is 6.94. The summed E-state index contributed by atoms with van der Waals surface area (Å²) in [6.07, 6.45) is 0.237. The van der Waals surface area contributed by atoms with Gasteiger partial charge in [-0.15, -0.1) is 0 Å². The first-order chi connectivity index (χ1) is 9.89. The highest BCUT2D eigenvalue weighted by Crippen LogP contribution is 2.44. The Balaban J connectivity index is 2.32. The Morgan fingerprint density at radius 2 is 2.14 bits per heavy atom. The monoisotopic (exact) mass is 287 g/mol. The number of ketones is 1. The van der Waals surface area contributed by atoms with E-state index < -0.39 is 11.6 Å². The molecular formula is C16H17NO4. The Hall–Kier alpha value is -2.14. The van der Waals surface area contributed by atoms with Gasteiger partial charge in [-0.2, -0.15) is 4.74 Å². The summed E-state index contributed by atoms with van der Waals surface area (Å²) in [6.45, 7) is 5.78. The summed E-state index contributed by atoms with van der Waals surface area (Å²) in [7, 11) is 0. The Bertz CT molecular complexity index is 700. The van der Waals surface area contributed by atoms with E-state index in [0.29, 0.717) is 39.5 Å². The van der Waals surface area contributed by atoms with Crippen LogP contribution in [0.25, 0.3) is 0 Å². The number of aliphatic hydroxyl groups is 1. The van der Waals surface area contributed by atoms with Crippen LogP contribution in [0.2, 0.25) is 0 Å². The van der Waals surface area contributed by atoms with Crippen molar-refractivity contribution in [2.75, 3.05) is 6.61 Å². The molecule has 0 fully saturated rings. The van der Waals surface area contributed by atoms with Crippen LogP contribution in [-0.4, -0.2) is 34.2 Å². The summed E-state index contributed by atoms with van der Waals surface area (Å²) < 4.78 is 6.15. The fraction of sp³-hybridized carbons (Fsp3) is 0.375. The molecule has 1 atom stereocenters. The number of nitrogens with zero attached hydrogens (tertiary/aromatic N) is 1. The van der Waals surface area contributed by atoms with Crippen molar-refractivity contribution in [1.82, 2.24) is 0 Å². The number of ether oxygens (including phenoxy) is 1. The lowest BCUT2D eigenvalue weighted by atomic mass is 9.76. The lowest BCUT2D eigenvalue weighted by Crippen LogP contribution is -2.31. The lowest BCUT2D eigenvalue weighted by molar-refractivity contribution is -0.557. The van der Waals surface area contributed by atoms with Gasteiger partial charge in [0.15, 0.2) is 5.78 Å². The predicted octanol–water partition coefficient (Wildman–Crippen LogP) is 1.87. The van der Waals surface area contributed by atoms with E-state index in [1.807, 2.05) is 6.92 Å². The van der Waals surface area contributed by atoms with Crippen molar-refractivity contribution in [3.63, 3.8) is 0 Å². The average Bonchev–Trinajstić information content (AvgIpc) is 2.61. The van der Waals surface area contributed by atoms with Gasteiger partial charge in [0.1, 0.15) is 11.3 Å². The Morgan fingerprint density at radius 3 is 2.81 bits per heavy atom. The van der Waals surface area contributed by atoms with E-state index >= 15 is 0 Å². The van der Waals surface area contributed by atoms with Gasteiger partial charge in [0.05, 0.1) is 12.0 Å². The third-order valence-corrected chi connectivity index (χ3v) is 4.14. The van der Waals surface area contributed by atoms with Crippen molar-refractivity contribution < 1.29 is 19.4 Å². The molecule has 0 aromatic heterocycles. The molecule has 3 rings (SSSR count). The average molecular weight is 287 g/mol. The SMILES string of the molecule is CCOc1cccc2c1C1=[N+]([O-])C(O)C(C)(C)C1=CC2=O. The van der Waals surface area contributed by atoms with Gasteiger partial charge < -0.3 is 15.1 Å². The second kappa shape index (κ2) is 4.43. The Morgan fingerprint density at radius 1 is 1.43 bits per heavy atom. The molecule has 1 heterocycles. The first-order valence-corrected chi connectivity index (χ1v) is 6.94. The normalized spacial score (nSPS) is 22.8. The van der Waals surface area contributed by atoms with E-state index in [1.54, 1.807) is 32.0 Å². The van der Waals surface area contributed by atoms with Crippen LogP contribution < -0.4 is 4.74 Å². The van der Waals surface area contributed by atoms with Gasteiger partial charge in [0.25, 0.3) is 6.23 Å². The largest absolute Gasteiger partial charge is 0.621 e. The van der Waals surface area contributed by atoms with Crippen LogP contribution in [0.4, 0.5) is 0 Å². The molecule has 1 aromatic rings. The van der Waals surface area contributed by atoms with Crippen molar-refractivity contribution in [3.05, 3.63) is 46.2 Å². The van der Waals surface area contributed by atoms with Crippen molar-refractivity contribution in [2.24, 2.45) is 5.41 Å². The predicted molar refractivity (Wildman–Crippen MR) is 77.5 cm³/mol. The second-order valence-corrected chi connectivity index (χ2v) is 5.80. The molecule has 21 heavy (non-hydrogen) atoms. The Kier molecular flexibility index (Phi) is 2.92. The number of hydroxylamine groups is 1. The van der Waals surface area contributed by atoms with Gasteiger partial charge in [0.2, 0.25) is 5.71 Å². The van der Waals surface area contributed by atoms with Gasteiger partial charge in [-0.3, -0.25) is 4.79 Å². The van der Waals surface area contributed by atoms with E-state index in [1.165, 1.54) is 6.08 Å². The number of rotatable bonds is 2. The molecule has 0 spiro atoms. The highest BCUT2D eigenvalue weighted by Gasteiger charge is 2.53. The van der Waals surface area contributed by atoms with E-state index in [9.17, 15) is 15.1 Å². The fourth-order valence-corrected chi connectivity index (χ4v) is 2.94. The number of carbonyl (C=O) groups is 1. The lowest BCUT2D eigenvalue weighted by Gasteiger charge is -2.22. The number of benzene rings is 1. The van der Waals surface area contributed by atoms with Gasteiger partial charge in [-0.25, -0.2) is 0 Å². The van der Waals surface area contributed by atoms with Crippen LogP contribution in [0.15, 0.2) is 29.8 Å². The maximum atomic E-state index is 12.4. The molecule has 0 amide bonds. The van der Waals surface area contributed by atoms with E-state index in [0.717, 1.165) is 0 Å². The molecule has 1 aliphatic carbocycles. The van der Waals surface area contributed by atoms with Crippen LogP contribution in [0, 0.1) is 10.6 Å². The summed E-state index contributed by atoms with van der Waals surface area (Å²) in [5.74, 6) is 0.329. The first kappa shape index (κ1) is 13.8. The number of hydrogen-bond acceptors (Lipinski definition) is 4. The molecule has 5 nitrogen and oxygen atoms in total. The number of fused-ring (bicyclic) bond motifs is 3. The zero-order chi connectivity index (χ0) is 15.4. The summed E-state index contributed by atoms with van der Waals surface area (Å²) >= 11 is 0. The summed E-state index contributed by atoms with van der Waals surface area (Å²) in [6, 6.07) is 5.13. The minimum Gasteiger partial charge on any atom is -0.621 e. The topological polar surface area (TPSA) is 72.6 Å². The molecule has 110 valence electrons. The number of aliphatic hydroxyl groups excluding tert-OH is 1. The molecule has 2 aliphatic rings. The van der Waals surface area contributed by atoms with E-state index in [4.69, 9.17) is 4.74 Å². The standard InChI is InChI=1S/C16H17NO4/c1-4-21-12-7-5-6-9-11(18)8-10-14(13(9)12)17(20)15(19)16(10,2)3/h5-8,15,19H,4H2,1-3H3. The molecule has 1 aliphatic heterocycles. The van der Waals surface area contributed by atoms with Crippen LogP contribution in [0.5, 0.6) is 5.75 Å². The number of allylic oxidation sites excluding steroid dienone is 1. The Labute approximate surface area is 122 Å². The van der Waals surface area contributed by atoms with Crippen molar-refractivity contribution in [2.45, 2.75) is 27.0 Å². The maximum absolute atomic E-state index is 12.4. The van der Waals surface area contributed by atoms with Crippen LogP contribution in [0.3, 0.4) is 0 Å². The highest BCUT2D eigenvalue weighted by molar-refractivity contribution is 6.27. The summed E-state index contributed by atoms with van der Waals surface area (Å²) in [5.41, 5.74) is 1.02. The molecule has 0 saturated carbocycles. The summed E-state index contributed by atoms with van der Waals surface area (Å²) in [5, 5.41) is 22.6. The molecule has 5 heteroatoms. The molecule has 1 N–H and O–H groups in total. The molecule has 0 bridgehead atoms. The smallest absolute Gasteiger partial charge is 0.275 e. The van der Waals surface area contributed by atoms with Crippen LogP contribution in [0.1, 0.15) is 36.7 Å². The minimum atomic E-state index is -1.22. The van der Waals surface area contributed by atoms with Gasteiger partial charge >= 0.3 is 0 Å². The molecule has 0 saturated heterocycles. The third-order valence-electron chi connectivity index (χ3n) is 4.14. The summed E-state index contributed by atoms with van der Waals surface area (Å²) in [4.78, 5) is 12.3. The zero-order valence-corrected chi connectivity index (χ0v) is 12.2. The minimum absolute atomic E-state index is 0.166. The van der Waals surface area contributed by atoms with Crippen LogP contribution >= 0.6 is 0 Å². The van der Waals surface area contributed by atoms with Crippen molar-refractivity contribution >= 4 is 11.5 Å². The van der Waals surface area contributed by atoms with Gasteiger partial charge in [-0.05, 0) is 39.0 Å². The zero-order valence-electron chi connectivity index (χ0n) is 12.2. The van der Waals surface area contributed by atoms with Gasteiger partial charge in [0, 0.05) is 11.1 Å². The maximum Gasteiger partial charge on any atom is 0.275 e. The quantitative estimate of drug-likeness (QED) is 0.665. The molecule has 1 unspecified atom stereocenters. The van der Waals surface area contributed by atoms with Gasteiger partial charge in [-0.1, -0.05) is 6.07 Å². The fourth-order valence-electron chi connectivity index (χ4n) is 2.94. The van der Waals surface area contributed by atoms with E-state index in [-0.39, 0.29) is 5.78 Å². The molecule has 0 radical (unpaired) electrons. The van der Waals surface area contributed by atoms with Crippen molar-refractivity contribution in [3.8, 4) is 5.75 Å². The number of carbonyl (C=O) groups excluding carboxylic acids is 1. The molecular weight excluding hydrogens is 270 g/mol.